The second-order valence-corrected chi connectivity index (χ2v) is 8.39. The zero-order valence-corrected chi connectivity index (χ0v) is 18.8. The minimum absolute atomic E-state index is 0.00183. The van der Waals surface area contributed by atoms with Crippen molar-refractivity contribution in [2.75, 3.05) is 23.3 Å². The van der Waals surface area contributed by atoms with Gasteiger partial charge in [0.1, 0.15) is 11.5 Å². The maximum atomic E-state index is 13.2. The Labute approximate surface area is 200 Å². The van der Waals surface area contributed by atoms with Crippen LogP contribution in [0.5, 0.6) is 0 Å². The zero-order valence-electron chi connectivity index (χ0n) is 18.8. The van der Waals surface area contributed by atoms with E-state index in [0.29, 0.717) is 12.1 Å². The van der Waals surface area contributed by atoms with Gasteiger partial charge in [0, 0.05) is 38.4 Å². The van der Waals surface area contributed by atoms with Gasteiger partial charge in [-0.05, 0) is 37.1 Å². The first-order chi connectivity index (χ1) is 16.9. The van der Waals surface area contributed by atoms with Crippen molar-refractivity contribution in [2.24, 2.45) is 7.05 Å². The van der Waals surface area contributed by atoms with E-state index in [4.69, 9.17) is 9.90 Å². The molecule has 0 spiro atoms. The smallest absolute Gasteiger partial charge is 0.475 e. The predicted molar refractivity (Wildman–Crippen MR) is 117 cm³/mol. The first-order valence-electron chi connectivity index (χ1n) is 10.9. The quantitative estimate of drug-likeness (QED) is 0.458. The minimum atomic E-state index is -5.08. The highest BCUT2D eigenvalue weighted by molar-refractivity contribution is 6.04. The number of aromatic nitrogens is 4. The van der Waals surface area contributed by atoms with Gasteiger partial charge in [0.2, 0.25) is 0 Å². The van der Waals surface area contributed by atoms with Gasteiger partial charge in [0.15, 0.2) is 5.69 Å². The van der Waals surface area contributed by atoms with Gasteiger partial charge in [0.25, 0.3) is 12.3 Å². The second kappa shape index (κ2) is 9.72. The lowest BCUT2D eigenvalue weighted by Crippen LogP contribution is -2.61. The Kier molecular flexibility index (Phi) is 6.84. The van der Waals surface area contributed by atoms with E-state index >= 15 is 0 Å². The minimum Gasteiger partial charge on any atom is -0.475 e. The number of alkyl halides is 5. The molecule has 0 aliphatic carbocycles. The lowest BCUT2D eigenvalue weighted by Gasteiger charge is -2.46. The molecule has 3 aliphatic heterocycles. The van der Waals surface area contributed by atoms with Crippen molar-refractivity contribution >= 4 is 28.9 Å². The summed E-state index contributed by atoms with van der Waals surface area (Å²) >= 11 is 0. The molecule has 3 aromatic heterocycles. The molecule has 0 aromatic carbocycles. The van der Waals surface area contributed by atoms with Crippen LogP contribution < -0.4 is 15.5 Å². The van der Waals surface area contributed by atoms with Crippen LogP contribution in [-0.4, -0.2) is 67.7 Å². The summed E-state index contributed by atoms with van der Waals surface area (Å²) in [6.45, 7) is 1.82. The zero-order chi connectivity index (χ0) is 26.2. The average Bonchev–Trinajstić information content (AvgIpc) is 3.42. The molecule has 0 saturated carbocycles. The summed E-state index contributed by atoms with van der Waals surface area (Å²) < 4.78 is 60.9. The van der Waals surface area contributed by atoms with Gasteiger partial charge in [-0.2, -0.15) is 18.3 Å². The maximum absolute atomic E-state index is 13.2. The molecular formula is C21H22F5N7O3. The number of aryl methyl sites for hydroxylation is 1. The van der Waals surface area contributed by atoms with Crippen LogP contribution in [0.25, 0.3) is 5.52 Å². The van der Waals surface area contributed by atoms with Crippen molar-refractivity contribution in [1.82, 2.24) is 24.7 Å². The van der Waals surface area contributed by atoms with Crippen LogP contribution >= 0.6 is 0 Å². The lowest BCUT2D eigenvalue weighted by atomic mass is 9.93. The third-order valence-electron chi connectivity index (χ3n) is 5.92. The highest BCUT2D eigenvalue weighted by atomic mass is 19.4. The number of nitrogens with zero attached hydrogens (tertiary/aromatic N) is 5. The van der Waals surface area contributed by atoms with Gasteiger partial charge in [-0.15, -0.1) is 5.10 Å². The van der Waals surface area contributed by atoms with Crippen LogP contribution in [-0.2, 0) is 11.8 Å². The number of carboxylic acids is 1. The molecule has 6 rings (SSSR count). The monoisotopic (exact) mass is 515 g/mol. The average molecular weight is 515 g/mol. The first kappa shape index (κ1) is 25.3. The molecule has 2 atom stereocenters. The van der Waals surface area contributed by atoms with Crippen molar-refractivity contribution < 1.29 is 36.6 Å². The summed E-state index contributed by atoms with van der Waals surface area (Å²) in [5.41, 5.74) is 0.593. The number of halogens is 5. The summed E-state index contributed by atoms with van der Waals surface area (Å²) in [6, 6.07) is 8.17. The Morgan fingerprint density at radius 1 is 1.17 bits per heavy atom. The van der Waals surface area contributed by atoms with Crippen molar-refractivity contribution in [2.45, 2.75) is 37.5 Å². The topological polar surface area (TPSA) is 117 Å². The number of fused-ring (bicyclic) bond motifs is 4. The van der Waals surface area contributed by atoms with Crippen LogP contribution in [0.15, 0.2) is 30.5 Å². The van der Waals surface area contributed by atoms with E-state index in [1.165, 1.54) is 17.9 Å². The molecule has 2 bridgehead atoms. The van der Waals surface area contributed by atoms with Crippen LogP contribution in [0.3, 0.4) is 0 Å². The highest BCUT2D eigenvalue weighted by Crippen LogP contribution is 2.28. The fraction of sp³-hybridized carbons (Fsp3) is 0.429. The van der Waals surface area contributed by atoms with E-state index in [1.807, 2.05) is 12.1 Å². The number of carbonyl (C=O) groups is 2. The summed E-state index contributed by atoms with van der Waals surface area (Å²) in [4.78, 5) is 24.0. The van der Waals surface area contributed by atoms with Gasteiger partial charge in [-0.1, -0.05) is 0 Å². The fourth-order valence-corrected chi connectivity index (χ4v) is 4.24. The van der Waals surface area contributed by atoms with Gasteiger partial charge >= 0.3 is 12.1 Å². The number of hydrogen-bond donors (Lipinski definition) is 3. The summed E-state index contributed by atoms with van der Waals surface area (Å²) in [6.07, 6.45) is -4.21. The predicted octanol–water partition coefficient (Wildman–Crippen LogP) is 2.83. The van der Waals surface area contributed by atoms with Gasteiger partial charge in [0.05, 0.1) is 11.2 Å². The molecule has 3 aromatic rings. The molecule has 3 saturated heterocycles. The summed E-state index contributed by atoms with van der Waals surface area (Å²) in [5, 5.41) is 21.6. The molecule has 3 aliphatic rings. The van der Waals surface area contributed by atoms with Crippen LogP contribution in [0, 0.1) is 0 Å². The van der Waals surface area contributed by atoms with Crippen LogP contribution in [0.1, 0.15) is 35.4 Å². The molecule has 3 fully saturated rings. The Bertz CT molecular complexity index is 1260. The van der Waals surface area contributed by atoms with Crippen molar-refractivity contribution in [3.8, 4) is 0 Å². The van der Waals surface area contributed by atoms with Gasteiger partial charge < -0.3 is 20.6 Å². The normalized spacial score (nSPS) is 19.4. The van der Waals surface area contributed by atoms with E-state index in [1.54, 1.807) is 16.6 Å². The number of aliphatic carboxylic acids is 1. The number of piperazine rings is 1. The third-order valence-corrected chi connectivity index (χ3v) is 5.92. The molecule has 15 heteroatoms. The molecule has 194 valence electrons. The van der Waals surface area contributed by atoms with Gasteiger partial charge in [-0.3, -0.25) is 9.48 Å². The number of carbonyl (C=O) groups excluding carboxylic acids is 1. The highest BCUT2D eigenvalue weighted by Gasteiger charge is 2.38. The molecular weight excluding hydrogens is 493 g/mol. The number of hydrogen-bond acceptors (Lipinski definition) is 6. The number of carboxylic acid groups (broad SMARTS) is 1. The Morgan fingerprint density at radius 2 is 1.86 bits per heavy atom. The largest absolute Gasteiger partial charge is 0.490 e. The van der Waals surface area contributed by atoms with Crippen LogP contribution in [0.2, 0.25) is 0 Å². The van der Waals surface area contributed by atoms with Crippen LogP contribution in [0.4, 0.5) is 33.5 Å². The molecule has 36 heavy (non-hydrogen) atoms. The standard InChI is InChI=1S/C19H21F2N7O.C2HF3O2/c1-26-10-14(17(25-26)18(20)21)23-19(29)15-6-4-12-5-7-16(24-28(12)15)27-9-11-2-3-13(27)8-22-11;3-2(4,5)1(6)7/h4-7,10-11,13,18,22H,2-3,8-9H2,1H3,(H,23,29);(H,6,7). The number of nitrogens with one attached hydrogen (secondary N) is 2. The summed E-state index contributed by atoms with van der Waals surface area (Å²) in [5.74, 6) is -2.45. The van der Waals surface area contributed by atoms with Crippen molar-refractivity contribution in [3.63, 3.8) is 0 Å². The molecule has 6 heterocycles. The molecule has 2 unspecified atom stereocenters. The number of rotatable bonds is 4. The Hall–Kier alpha value is -3.75. The van der Waals surface area contributed by atoms with Crippen molar-refractivity contribution in [3.05, 3.63) is 41.9 Å². The molecule has 3 N–H and O–H groups in total. The number of anilines is 2. The van der Waals surface area contributed by atoms with E-state index in [-0.39, 0.29) is 11.4 Å². The molecule has 0 radical (unpaired) electrons. The van der Waals surface area contributed by atoms with E-state index in [9.17, 15) is 26.7 Å². The molecule has 1 amide bonds. The Balaban J connectivity index is 0.000000384. The maximum Gasteiger partial charge on any atom is 0.490 e. The number of amides is 1. The fourth-order valence-electron chi connectivity index (χ4n) is 4.24. The molecule has 10 nitrogen and oxygen atoms in total. The SMILES string of the molecule is Cn1cc(NC(=O)c2ccc3ccc(N4CC5CCC4CN5)nn23)c(C(F)F)n1.O=C(O)C(F)(F)F. The summed E-state index contributed by atoms with van der Waals surface area (Å²) in [7, 11) is 1.53. The lowest BCUT2D eigenvalue weighted by molar-refractivity contribution is -0.192. The third kappa shape index (κ3) is 5.24. The van der Waals surface area contributed by atoms with E-state index in [0.717, 1.165) is 37.3 Å². The van der Waals surface area contributed by atoms with Gasteiger partial charge in [-0.25, -0.2) is 18.1 Å². The van der Waals surface area contributed by atoms with E-state index in [2.05, 4.69) is 25.7 Å². The van der Waals surface area contributed by atoms with E-state index < -0.39 is 30.2 Å². The van der Waals surface area contributed by atoms with Crippen molar-refractivity contribution in [1.29, 1.82) is 0 Å². The number of piperidine rings is 2. The Morgan fingerprint density at radius 3 is 2.42 bits per heavy atom. The first-order valence-corrected chi connectivity index (χ1v) is 10.9. The second-order valence-electron chi connectivity index (χ2n) is 8.39.